The fraction of sp³-hybridized carbons (Fsp3) is 0.310. The van der Waals surface area contributed by atoms with Gasteiger partial charge in [0.2, 0.25) is 11.8 Å². The number of hydrogen-bond donors (Lipinski definition) is 1. The van der Waals surface area contributed by atoms with Crippen molar-refractivity contribution < 1.29 is 27.1 Å². The van der Waals surface area contributed by atoms with Crippen LogP contribution < -0.4 is 14.4 Å². The molecule has 10 heteroatoms. The summed E-state index contributed by atoms with van der Waals surface area (Å²) in [5.41, 5.74) is 1.89. The number of methoxy groups -OCH3 is 1. The van der Waals surface area contributed by atoms with Crippen molar-refractivity contribution in [1.29, 1.82) is 0 Å². The molecule has 0 unspecified atom stereocenters. The molecule has 3 aromatic carbocycles. The number of nitrogens with one attached hydrogen (secondary N) is 1. The number of sulfonamides is 1. The van der Waals surface area contributed by atoms with E-state index in [9.17, 15) is 22.4 Å². The predicted molar refractivity (Wildman–Crippen MR) is 148 cm³/mol. The highest BCUT2D eigenvalue weighted by atomic mass is 32.2. The minimum Gasteiger partial charge on any atom is -0.497 e. The molecule has 1 atom stereocenters. The van der Waals surface area contributed by atoms with Gasteiger partial charge in [-0.1, -0.05) is 36.8 Å². The van der Waals surface area contributed by atoms with Crippen LogP contribution in [-0.2, 0) is 26.2 Å². The SMILES string of the molecule is CCNC(=O)[C@H](CC)N(Cc1cccc(OC)c1)C(=O)CN(c1ccc(C)cc1)S(=O)(=O)c1ccc(F)cc1. The number of carbonyl (C=O) groups is 2. The Hall–Kier alpha value is -3.92. The van der Waals surface area contributed by atoms with Crippen molar-refractivity contribution in [2.75, 3.05) is 24.5 Å². The maximum atomic E-state index is 13.9. The highest BCUT2D eigenvalue weighted by Gasteiger charge is 2.33. The predicted octanol–water partition coefficient (Wildman–Crippen LogP) is 4.28. The van der Waals surface area contributed by atoms with Crippen LogP contribution in [0.25, 0.3) is 0 Å². The minimum absolute atomic E-state index is 0.0595. The molecule has 0 fully saturated rings. The van der Waals surface area contributed by atoms with E-state index in [2.05, 4.69) is 5.32 Å². The summed E-state index contributed by atoms with van der Waals surface area (Å²) in [6, 6.07) is 17.4. The van der Waals surface area contributed by atoms with Crippen molar-refractivity contribution in [2.45, 2.75) is 44.7 Å². The fourth-order valence-corrected chi connectivity index (χ4v) is 5.57. The standard InChI is InChI=1S/C29H34FN3O5S/c1-5-27(29(35)31-6-2)32(19-22-8-7-9-25(18-22)38-4)28(34)20-33(24-14-10-21(3)11-15-24)39(36,37)26-16-12-23(30)13-17-26/h7-18,27H,5-6,19-20H2,1-4H3,(H,31,35)/t27-/m0/s1. The molecule has 0 saturated carbocycles. The number of halogens is 1. The zero-order chi connectivity index (χ0) is 28.6. The smallest absolute Gasteiger partial charge is 0.264 e. The van der Waals surface area contributed by atoms with Gasteiger partial charge in [-0.3, -0.25) is 13.9 Å². The topological polar surface area (TPSA) is 96.0 Å². The summed E-state index contributed by atoms with van der Waals surface area (Å²) in [6.45, 7) is 5.31. The van der Waals surface area contributed by atoms with Gasteiger partial charge in [-0.2, -0.15) is 0 Å². The van der Waals surface area contributed by atoms with E-state index in [-0.39, 0.29) is 23.0 Å². The highest BCUT2D eigenvalue weighted by molar-refractivity contribution is 7.92. The molecule has 0 saturated heterocycles. The first-order valence-corrected chi connectivity index (χ1v) is 14.1. The van der Waals surface area contributed by atoms with Crippen molar-refractivity contribution >= 4 is 27.5 Å². The third-order valence-corrected chi connectivity index (χ3v) is 8.01. The molecular formula is C29H34FN3O5S. The number of anilines is 1. The van der Waals surface area contributed by atoms with E-state index in [1.165, 1.54) is 12.0 Å². The molecule has 208 valence electrons. The van der Waals surface area contributed by atoms with Gasteiger partial charge in [-0.25, -0.2) is 12.8 Å². The lowest BCUT2D eigenvalue weighted by molar-refractivity contribution is -0.140. The molecule has 39 heavy (non-hydrogen) atoms. The molecule has 3 rings (SSSR count). The van der Waals surface area contributed by atoms with Crippen molar-refractivity contribution in [3.05, 3.63) is 89.7 Å². The van der Waals surface area contributed by atoms with Gasteiger partial charge >= 0.3 is 0 Å². The second-order valence-corrected chi connectivity index (χ2v) is 10.9. The van der Waals surface area contributed by atoms with E-state index >= 15 is 0 Å². The molecule has 0 radical (unpaired) electrons. The van der Waals surface area contributed by atoms with Gasteiger partial charge in [-0.05, 0) is 74.4 Å². The van der Waals surface area contributed by atoms with E-state index in [0.717, 1.165) is 34.1 Å². The third-order valence-electron chi connectivity index (χ3n) is 6.23. The van der Waals surface area contributed by atoms with Gasteiger partial charge in [0.15, 0.2) is 0 Å². The average molecular weight is 556 g/mol. The van der Waals surface area contributed by atoms with E-state index in [0.29, 0.717) is 24.3 Å². The zero-order valence-electron chi connectivity index (χ0n) is 22.6. The second kappa shape index (κ2) is 13.2. The molecule has 0 aliphatic heterocycles. The van der Waals surface area contributed by atoms with Crippen LogP contribution in [0.5, 0.6) is 5.75 Å². The number of hydrogen-bond acceptors (Lipinski definition) is 5. The van der Waals surface area contributed by atoms with E-state index in [4.69, 9.17) is 4.74 Å². The highest BCUT2D eigenvalue weighted by Crippen LogP contribution is 2.26. The van der Waals surface area contributed by atoms with Crippen molar-refractivity contribution in [2.24, 2.45) is 0 Å². The van der Waals surface area contributed by atoms with E-state index < -0.39 is 34.3 Å². The quantitative estimate of drug-likeness (QED) is 0.360. The number of benzene rings is 3. The summed E-state index contributed by atoms with van der Waals surface area (Å²) >= 11 is 0. The fourth-order valence-electron chi connectivity index (χ4n) is 4.15. The number of nitrogens with zero attached hydrogens (tertiary/aromatic N) is 2. The van der Waals surface area contributed by atoms with Crippen LogP contribution in [0, 0.1) is 12.7 Å². The second-order valence-electron chi connectivity index (χ2n) is 8.99. The summed E-state index contributed by atoms with van der Waals surface area (Å²) < 4.78 is 47.4. The summed E-state index contributed by atoms with van der Waals surface area (Å²) in [5.74, 6) is -0.892. The number of ether oxygens (including phenoxy) is 1. The molecule has 2 amide bonds. The first kappa shape index (κ1) is 29.6. The van der Waals surface area contributed by atoms with Crippen LogP contribution >= 0.6 is 0 Å². The number of aryl methyl sites for hydroxylation is 1. The lowest BCUT2D eigenvalue weighted by Gasteiger charge is -2.33. The van der Waals surface area contributed by atoms with Gasteiger partial charge in [0.1, 0.15) is 24.2 Å². The van der Waals surface area contributed by atoms with Gasteiger partial charge in [0, 0.05) is 13.1 Å². The molecule has 8 nitrogen and oxygen atoms in total. The number of rotatable bonds is 12. The van der Waals surface area contributed by atoms with Crippen molar-refractivity contribution in [3.8, 4) is 5.75 Å². The molecule has 0 aromatic heterocycles. The van der Waals surface area contributed by atoms with E-state index in [1.54, 1.807) is 62.4 Å². The van der Waals surface area contributed by atoms with Gasteiger partial charge < -0.3 is 15.0 Å². The Morgan fingerprint density at radius 2 is 1.67 bits per heavy atom. The Kier molecular flexibility index (Phi) is 10.1. The summed E-state index contributed by atoms with van der Waals surface area (Å²) in [4.78, 5) is 28.2. The largest absolute Gasteiger partial charge is 0.497 e. The third kappa shape index (κ3) is 7.35. The van der Waals surface area contributed by atoms with Crippen LogP contribution in [0.4, 0.5) is 10.1 Å². The van der Waals surface area contributed by atoms with Crippen LogP contribution in [0.1, 0.15) is 31.4 Å². The molecule has 0 aliphatic rings. The number of amides is 2. The van der Waals surface area contributed by atoms with Gasteiger partial charge in [0.05, 0.1) is 17.7 Å². The Bertz CT molecular complexity index is 1380. The molecule has 1 N–H and O–H groups in total. The molecule has 0 aliphatic carbocycles. The summed E-state index contributed by atoms with van der Waals surface area (Å²) in [7, 11) is -2.73. The van der Waals surface area contributed by atoms with Crippen LogP contribution in [0.15, 0.2) is 77.7 Å². The molecule has 3 aromatic rings. The summed E-state index contributed by atoms with van der Waals surface area (Å²) in [6.07, 6.45) is 0.316. The van der Waals surface area contributed by atoms with Crippen LogP contribution in [-0.4, -0.2) is 51.4 Å². The Morgan fingerprint density at radius 1 is 1.00 bits per heavy atom. The molecule has 0 spiro atoms. The monoisotopic (exact) mass is 555 g/mol. The maximum absolute atomic E-state index is 13.9. The van der Waals surface area contributed by atoms with Crippen LogP contribution in [0.3, 0.4) is 0 Å². The Balaban J connectivity index is 2.06. The summed E-state index contributed by atoms with van der Waals surface area (Å²) in [5, 5.41) is 2.77. The lowest BCUT2D eigenvalue weighted by atomic mass is 10.1. The number of carbonyl (C=O) groups excluding carboxylic acids is 2. The minimum atomic E-state index is -4.26. The first-order valence-electron chi connectivity index (χ1n) is 12.7. The Labute approximate surface area is 229 Å². The first-order chi connectivity index (χ1) is 18.6. The normalized spacial score (nSPS) is 11.9. The van der Waals surface area contributed by atoms with Gasteiger partial charge in [-0.15, -0.1) is 0 Å². The average Bonchev–Trinajstić information content (AvgIpc) is 2.92. The Morgan fingerprint density at radius 3 is 2.26 bits per heavy atom. The van der Waals surface area contributed by atoms with Crippen molar-refractivity contribution in [3.63, 3.8) is 0 Å². The molecular weight excluding hydrogens is 521 g/mol. The number of likely N-dealkylation sites (N-methyl/N-ethyl adjacent to an activating group) is 1. The lowest BCUT2D eigenvalue weighted by Crippen LogP contribution is -2.52. The van der Waals surface area contributed by atoms with E-state index in [1.807, 2.05) is 6.92 Å². The zero-order valence-corrected chi connectivity index (χ0v) is 23.4. The maximum Gasteiger partial charge on any atom is 0.264 e. The molecule has 0 bridgehead atoms. The van der Waals surface area contributed by atoms with Gasteiger partial charge in [0.25, 0.3) is 10.0 Å². The van der Waals surface area contributed by atoms with Crippen molar-refractivity contribution in [1.82, 2.24) is 10.2 Å². The van der Waals surface area contributed by atoms with Crippen LogP contribution in [0.2, 0.25) is 0 Å². The molecule has 0 heterocycles.